The summed E-state index contributed by atoms with van der Waals surface area (Å²) < 4.78 is 64.7. The quantitative estimate of drug-likeness (QED) is 0.339. The van der Waals surface area contributed by atoms with Crippen LogP contribution in [0.15, 0.2) is 52.9 Å². The molecule has 1 N–H and O–H groups in total. The molecule has 1 amide bonds. The second-order valence-corrected chi connectivity index (χ2v) is 7.11. The molecule has 3 aromatic heterocycles. The monoisotopic (exact) mass is 458 g/mol. The van der Waals surface area contributed by atoms with E-state index in [0.717, 1.165) is 16.8 Å². The maximum absolute atomic E-state index is 13.4. The van der Waals surface area contributed by atoms with Crippen molar-refractivity contribution in [2.75, 3.05) is 12.4 Å². The first-order valence-corrected chi connectivity index (χ1v) is 9.63. The number of furan rings is 1. The first-order valence-electron chi connectivity index (χ1n) is 9.63. The Balaban J connectivity index is 1.55. The van der Waals surface area contributed by atoms with Crippen molar-refractivity contribution in [1.29, 1.82) is 0 Å². The van der Waals surface area contributed by atoms with Gasteiger partial charge in [0.05, 0.1) is 12.8 Å². The number of benzene rings is 2. The fraction of sp³-hybridized carbons (Fsp3) is 0.136. The number of rotatable bonds is 5. The molecule has 0 aliphatic heterocycles. The molecule has 0 bridgehead atoms. The number of carbonyl (C=O) groups excluding carboxylic acids is 1. The number of alkyl halides is 4. The molecular formula is C22H14F4N4O3. The highest BCUT2D eigenvalue weighted by molar-refractivity contribution is 6.09. The highest BCUT2D eigenvalue weighted by atomic mass is 19.3. The summed E-state index contributed by atoms with van der Waals surface area (Å²) in [5, 5.41) is 8.08. The number of anilines is 1. The van der Waals surface area contributed by atoms with E-state index in [-0.39, 0.29) is 17.0 Å². The minimum atomic E-state index is -3.10. The van der Waals surface area contributed by atoms with Crippen LogP contribution in [0, 0.1) is 0 Å². The Kier molecular flexibility index (Phi) is 4.88. The highest BCUT2D eigenvalue weighted by Gasteiger charge is 2.23. The molecule has 0 spiro atoms. The smallest absolute Gasteiger partial charge is 0.280 e. The van der Waals surface area contributed by atoms with Gasteiger partial charge in [-0.05, 0) is 18.2 Å². The Morgan fingerprint density at radius 1 is 1.03 bits per heavy atom. The summed E-state index contributed by atoms with van der Waals surface area (Å²) in [6.07, 6.45) is -6.15. The standard InChI is InChI=1S/C22H14F4N4O3/c1-32-18-6-11-10-4-2-3-5-16(10)33-17(11)8-12(18)28-22(31)14-9-19-27-13(20(23)24)7-15(21(25)26)30(19)29-14/h2-9,20-21H,1H3,(H,28,31). The molecule has 0 radical (unpaired) electrons. The Morgan fingerprint density at radius 3 is 2.55 bits per heavy atom. The number of nitrogens with zero attached hydrogens (tertiary/aromatic N) is 3. The van der Waals surface area contributed by atoms with E-state index >= 15 is 0 Å². The zero-order chi connectivity index (χ0) is 23.3. The van der Waals surface area contributed by atoms with Crippen LogP contribution in [0.1, 0.15) is 34.7 Å². The van der Waals surface area contributed by atoms with Crippen molar-refractivity contribution in [2.45, 2.75) is 12.9 Å². The maximum Gasteiger partial charge on any atom is 0.280 e. The Labute approximate surface area is 182 Å². The van der Waals surface area contributed by atoms with Gasteiger partial charge in [-0.25, -0.2) is 27.1 Å². The molecule has 11 heteroatoms. The molecule has 33 heavy (non-hydrogen) atoms. The SMILES string of the molecule is COc1cc2c(cc1NC(=O)c1cc3nc(C(F)F)cc(C(F)F)n3n1)oc1ccccc12. The summed E-state index contributed by atoms with van der Waals surface area (Å²) in [4.78, 5) is 16.4. The average Bonchev–Trinajstić information content (AvgIpc) is 3.38. The van der Waals surface area contributed by atoms with Crippen LogP contribution in [0.25, 0.3) is 27.6 Å². The molecule has 0 aliphatic carbocycles. The van der Waals surface area contributed by atoms with Gasteiger partial charge in [0.25, 0.3) is 18.8 Å². The summed E-state index contributed by atoms with van der Waals surface area (Å²) in [6.45, 7) is 0. The number of amides is 1. The minimum Gasteiger partial charge on any atom is -0.495 e. The summed E-state index contributed by atoms with van der Waals surface area (Å²) in [5.74, 6) is -0.439. The van der Waals surface area contributed by atoms with Crippen molar-refractivity contribution in [3.8, 4) is 5.75 Å². The number of hydrogen-bond donors (Lipinski definition) is 1. The van der Waals surface area contributed by atoms with E-state index in [2.05, 4.69) is 15.4 Å². The predicted octanol–water partition coefficient (Wildman–Crippen LogP) is 5.76. The first kappa shape index (κ1) is 20.7. The lowest BCUT2D eigenvalue weighted by molar-refractivity contribution is 0.102. The Bertz CT molecular complexity index is 1530. The summed E-state index contributed by atoms with van der Waals surface area (Å²) in [7, 11) is 1.43. The number of para-hydroxylation sites is 1. The van der Waals surface area contributed by atoms with Gasteiger partial charge >= 0.3 is 0 Å². The molecule has 0 unspecified atom stereocenters. The lowest BCUT2D eigenvalue weighted by atomic mass is 10.1. The van der Waals surface area contributed by atoms with E-state index in [1.54, 1.807) is 18.2 Å². The summed E-state index contributed by atoms with van der Waals surface area (Å²) >= 11 is 0. The zero-order valence-electron chi connectivity index (χ0n) is 16.9. The fourth-order valence-electron chi connectivity index (χ4n) is 3.60. The average molecular weight is 458 g/mol. The summed E-state index contributed by atoms with van der Waals surface area (Å²) in [5.41, 5.74) is -0.821. The van der Waals surface area contributed by atoms with Crippen LogP contribution >= 0.6 is 0 Å². The van der Waals surface area contributed by atoms with E-state index < -0.39 is 30.1 Å². The third-order valence-corrected chi connectivity index (χ3v) is 5.10. The molecule has 5 aromatic rings. The van der Waals surface area contributed by atoms with Crippen LogP contribution in [0.5, 0.6) is 5.75 Å². The maximum atomic E-state index is 13.4. The molecule has 2 aromatic carbocycles. The van der Waals surface area contributed by atoms with Gasteiger partial charge < -0.3 is 14.5 Å². The van der Waals surface area contributed by atoms with Crippen molar-refractivity contribution < 1.29 is 31.5 Å². The fourth-order valence-corrected chi connectivity index (χ4v) is 3.60. The number of hydrogen-bond acceptors (Lipinski definition) is 5. The third-order valence-electron chi connectivity index (χ3n) is 5.10. The zero-order valence-corrected chi connectivity index (χ0v) is 16.9. The first-order chi connectivity index (χ1) is 15.9. The van der Waals surface area contributed by atoms with Gasteiger partial charge in [0.2, 0.25) is 0 Å². The third kappa shape index (κ3) is 3.51. The number of aromatic nitrogens is 3. The second-order valence-electron chi connectivity index (χ2n) is 7.11. The molecule has 0 fully saturated rings. The van der Waals surface area contributed by atoms with Gasteiger partial charge in [-0.3, -0.25) is 4.79 Å². The molecule has 0 aliphatic rings. The Hall–Kier alpha value is -4.15. The molecule has 0 saturated carbocycles. The van der Waals surface area contributed by atoms with Gasteiger partial charge in [-0.15, -0.1) is 0 Å². The summed E-state index contributed by atoms with van der Waals surface area (Å²) in [6, 6.07) is 12.3. The number of halogens is 4. The normalized spacial score (nSPS) is 11.8. The van der Waals surface area contributed by atoms with Crippen molar-refractivity contribution in [2.24, 2.45) is 0 Å². The lowest BCUT2D eigenvalue weighted by Crippen LogP contribution is -2.14. The van der Waals surface area contributed by atoms with Crippen LogP contribution in [0.4, 0.5) is 23.2 Å². The number of carbonyl (C=O) groups is 1. The lowest BCUT2D eigenvalue weighted by Gasteiger charge is -2.09. The number of methoxy groups -OCH3 is 1. The topological polar surface area (TPSA) is 81.7 Å². The molecule has 0 atom stereocenters. The van der Waals surface area contributed by atoms with E-state index in [1.165, 1.54) is 7.11 Å². The van der Waals surface area contributed by atoms with Gasteiger partial charge in [-0.2, -0.15) is 5.10 Å². The molecule has 7 nitrogen and oxygen atoms in total. The van der Waals surface area contributed by atoms with Gasteiger partial charge in [-0.1, -0.05) is 18.2 Å². The van der Waals surface area contributed by atoms with Crippen molar-refractivity contribution in [3.63, 3.8) is 0 Å². The van der Waals surface area contributed by atoms with E-state index in [9.17, 15) is 22.4 Å². The van der Waals surface area contributed by atoms with Crippen molar-refractivity contribution in [1.82, 2.24) is 14.6 Å². The van der Waals surface area contributed by atoms with Gasteiger partial charge in [0.15, 0.2) is 11.3 Å². The number of fused-ring (bicyclic) bond motifs is 4. The van der Waals surface area contributed by atoms with Gasteiger partial charge in [0.1, 0.15) is 28.3 Å². The molecule has 168 valence electrons. The number of nitrogens with one attached hydrogen (secondary N) is 1. The van der Waals surface area contributed by atoms with Crippen LogP contribution < -0.4 is 10.1 Å². The van der Waals surface area contributed by atoms with E-state index in [4.69, 9.17) is 9.15 Å². The van der Waals surface area contributed by atoms with E-state index in [1.807, 2.05) is 18.2 Å². The van der Waals surface area contributed by atoms with Crippen LogP contribution in [0.3, 0.4) is 0 Å². The molecular weight excluding hydrogens is 444 g/mol. The van der Waals surface area contributed by atoms with Crippen LogP contribution in [-0.2, 0) is 0 Å². The van der Waals surface area contributed by atoms with E-state index in [0.29, 0.717) is 27.5 Å². The van der Waals surface area contributed by atoms with Gasteiger partial charge in [0, 0.05) is 22.9 Å². The van der Waals surface area contributed by atoms with Crippen LogP contribution in [-0.4, -0.2) is 27.6 Å². The molecule has 5 rings (SSSR count). The van der Waals surface area contributed by atoms with Crippen LogP contribution in [0.2, 0.25) is 0 Å². The second kappa shape index (κ2) is 7.76. The minimum absolute atomic E-state index is 0.251. The largest absolute Gasteiger partial charge is 0.495 e. The predicted molar refractivity (Wildman–Crippen MR) is 111 cm³/mol. The molecule has 3 heterocycles. The highest BCUT2D eigenvalue weighted by Crippen LogP contribution is 2.36. The Morgan fingerprint density at radius 2 is 1.82 bits per heavy atom. The van der Waals surface area contributed by atoms with Crippen molar-refractivity contribution >= 4 is 39.2 Å². The molecule has 0 saturated heterocycles. The number of ether oxygens (including phenoxy) is 1. The van der Waals surface area contributed by atoms with Crippen molar-refractivity contribution in [3.05, 3.63) is 65.6 Å².